The molecule has 130 valence electrons. The van der Waals surface area contributed by atoms with Crippen LogP contribution in [0.4, 0.5) is 9.52 Å². The van der Waals surface area contributed by atoms with Gasteiger partial charge in [0.1, 0.15) is 11.5 Å². The van der Waals surface area contributed by atoms with Gasteiger partial charge in [-0.2, -0.15) is 0 Å². The van der Waals surface area contributed by atoms with E-state index in [9.17, 15) is 9.18 Å². The number of H-pyrrole nitrogens is 1. The van der Waals surface area contributed by atoms with Gasteiger partial charge in [-0.1, -0.05) is 12.5 Å². The van der Waals surface area contributed by atoms with E-state index in [0.29, 0.717) is 21.7 Å². The third kappa shape index (κ3) is 3.57. The number of hydrogen-bond donors (Lipinski definition) is 2. The van der Waals surface area contributed by atoms with Crippen LogP contribution in [0.3, 0.4) is 0 Å². The van der Waals surface area contributed by atoms with Gasteiger partial charge in [0.25, 0.3) is 5.91 Å². The molecule has 2 aromatic heterocycles. The molecule has 0 spiro atoms. The van der Waals surface area contributed by atoms with Crippen molar-refractivity contribution in [3.05, 3.63) is 46.9 Å². The van der Waals surface area contributed by atoms with Crippen LogP contribution in [0.25, 0.3) is 10.9 Å². The molecule has 4 rings (SSSR count). The molecule has 5 nitrogen and oxygen atoms in total. The Kier molecular flexibility index (Phi) is 4.50. The standard InChI is InChI=1S/C18H19FN4OS/c19-14-5-4-6-15-13(14)9-16(21-15)17(24)22-18-20-12(11-25-18)10-23-7-2-1-3-8-23/h4-6,9,11,21H,1-3,7-8,10H2,(H,20,22,24). The molecule has 0 radical (unpaired) electrons. The average Bonchev–Trinajstić information content (AvgIpc) is 3.23. The molecule has 1 aliphatic heterocycles. The van der Waals surface area contributed by atoms with Crippen molar-refractivity contribution in [2.75, 3.05) is 18.4 Å². The van der Waals surface area contributed by atoms with Crippen molar-refractivity contribution < 1.29 is 9.18 Å². The van der Waals surface area contributed by atoms with Gasteiger partial charge in [-0.05, 0) is 44.1 Å². The maximum Gasteiger partial charge on any atom is 0.273 e. The van der Waals surface area contributed by atoms with Crippen LogP contribution in [0, 0.1) is 5.82 Å². The Hall–Kier alpha value is -2.25. The summed E-state index contributed by atoms with van der Waals surface area (Å²) in [4.78, 5) is 22.2. The second kappa shape index (κ2) is 6.93. The van der Waals surface area contributed by atoms with Crippen LogP contribution in [-0.2, 0) is 6.54 Å². The summed E-state index contributed by atoms with van der Waals surface area (Å²) in [5.74, 6) is -0.652. The van der Waals surface area contributed by atoms with E-state index in [2.05, 4.69) is 20.2 Å². The highest BCUT2D eigenvalue weighted by Crippen LogP contribution is 2.22. The van der Waals surface area contributed by atoms with E-state index < -0.39 is 0 Å². The lowest BCUT2D eigenvalue weighted by molar-refractivity contribution is 0.102. The number of piperidine rings is 1. The molecule has 1 amide bonds. The van der Waals surface area contributed by atoms with E-state index in [1.54, 1.807) is 12.1 Å². The quantitative estimate of drug-likeness (QED) is 0.741. The number of amides is 1. The Morgan fingerprint density at radius 2 is 2.16 bits per heavy atom. The number of hydrogen-bond acceptors (Lipinski definition) is 4. The van der Waals surface area contributed by atoms with Gasteiger partial charge in [-0.15, -0.1) is 11.3 Å². The molecule has 25 heavy (non-hydrogen) atoms. The van der Waals surface area contributed by atoms with E-state index >= 15 is 0 Å². The number of nitrogens with one attached hydrogen (secondary N) is 2. The monoisotopic (exact) mass is 358 g/mol. The molecule has 3 aromatic rings. The van der Waals surface area contributed by atoms with Crippen LogP contribution in [0.1, 0.15) is 35.4 Å². The average molecular weight is 358 g/mol. The van der Waals surface area contributed by atoms with Crippen LogP contribution in [-0.4, -0.2) is 33.9 Å². The van der Waals surface area contributed by atoms with Gasteiger partial charge in [0.05, 0.1) is 5.69 Å². The van der Waals surface area contributed by atoms with Crippen LogP contribution in [0.15, 0.2) is 29.6 Å². The highest BCUT2D eigenvalue weighted by Gasteiger charge is 2.15. The smallest absolute Gasteiger partial charge is 0.273 e. The molecular formula is C18H19FN4OS. The number of benzene rings is 1. The van der Waals surface area contributed by atoms with Crippen molar-refractivity contribution in [2.24, 2.45) is 0 Å². The SMILES string of the molecule is O=C(Nc1nc(CN2CCCCC2)cs1)c1cc2c(F)cccc2[nH]1. The summed E-state index contributed by atoms with van der Waals surface area (Å²) in [5, 5.41) is 5.75. The number of rotatable bonds is 4. The van der Waals surface area contributed by atoms with Crippen LogP contribution in [0.5, 0.6) is 0 Å². The van der Waals surface area contributed by atoms with Crippen molar-refractivity contribution in [1.82, 2.24) is 14.9 Å². The third-order valence-electron chi connectivity index (χ3n) is 4.46. The maximum atomic E-state index is 13.7. The Morgan fingerprint density at radius 3 is 2.96 bits per heavy atom. The molecule has 1 saturated heterocycles. The third-order valence-corrected chi connectivity index (χ3v) is 5.27. The fourth-order valence-electron chi connectivity index (χ4n) is 3.19. The second-order valence-electron chi connectivity index (χ2n) is 6.32. The van der Waals surface area contributed by atoms with Crippen LogP contribution < -0.4 is 5.32 Å². The van der Waals surface area contributed by atoms with Crippen molar-refractivity contribution in [3.8, 4) is 0 Å². The van der Waals surface area contributed by atoms with E-state index in [4.69, 9.17) is 0 Å². The minimum Gasteiger partial charge on any atom is -0.350 e. The molecule has 1 aliphatic rings. The van der Waals surface area contributed by atoms with Gasteiger partial charge >= 0.3 is 0 Å². The van der Waals surface area contributed by atoms with E-state index in [-0.39, 0.29) is 11.7 Å². The van der Waals surface area contributed by atoms with Crippen LogP contribution in [0.2, 0.25) is 0 Å². The lowest BCUT2D eigenvalue weighted by Gasteiger charge is -2.25. The lowest BCUT2D eigenvalue weighted by atomic mass is 10.1. The first-order valence-electron chi connectivity index (χ1n) is 8.44. The summed E-state index contributed by atoms with van der Waals surface area (Å²) in [5.41, 5.74) is 1.91. The molecule has 7 heteroatoms. The molecule has 1 aromatic carbocycles. The zero-order valence-electron chi connectivity index (χ0n) is 13.7. The molecule has 0 unspecified atom stereocenters. The summed E-state index contributed by atoms with van der Waals surface area (Å²) in [6.45, 7) is 3.05. The Morgan fingerprint density at radius 1 is 1.32 bits per heavy atom. The fraction of sp³-hybridized carbons (Fsp3) is 0.333. The van der Waals surface area contributed by atoms with Crippen molar-refractivity contribution in [1.29, 1.82) is 0 Å². The van der Waals surface area contributed by atoms with Gasteiger partial charge in [0, 0.05) is 22.8 Å². The number of aromatic amines is 1. The number of carbonyl (C=O) groups is 1. The summed E-state index contributed by atoms with van der Waals surface area (Å²) < 4.78 is 13.7. The molecule has 0 saturated carbocycles. The molecule has 0 bridgehead atoms. The zero-order valence-corrected chi connectivity index (χ0v) is 14.5. The normalized spacial score (nSPS) is 15.6. The van der Waals surface area contributed by atoms with Crippen molar-refractivity contribution >= 4 is 33.3 Å². The number of halogens is 1. The number of nitrogens with zero attached hydrogens (tertiary/aromatic N) is 2. The van der Waals surface area contributed by atoms with Gasteiger partial charge in [-0.3, -0.25) is 15.0 Å². The number of fused-ring (bicyclic) bond motifs is 1. The number of aromatic nitrogens is 2. The maximum absolute atomic E-state index is 13.7. The number of carbonyl (C=O) groups excluding carboxylic acids is 1. The second-order valence-corrected chi connectivity index (χ2v) is 7.18. The van der Waals surface area contributed by atoms with Gasteiger partial charge < -0.3 is 4.98 Å². The Balaban J connectivity index is 1.44. The summed E-state index contributed by atoms with van der Waals surface area (Å²) in [6.07, 6.45) is 3.79. The largest absolute Gasteiger partial charge is 0.350 e. The van der Waals surface area contributed by atoms with Crippen molar-refractivity contribution in [3.63, 3.8) is 0 Å². The van der Waals surface area contributed by atoms with E-state index in [1.807, 2.05) is 5.38 Å². The molecule has 2 N–H and O–H groups in total. The fourth-order valence-corrected chi connectivity index (χ4v) is 3.89. The Bertz CT molecular complexity index is 898. The number of thiazole rings is 1. The first kappa shape index (κ1) is 16.2. The first-order valence-corrected chi connectivity index (χ1v) is 9.32. The Labute approximate surface area is 148 Å². The summed E-state index contributed by atoms with van der Waals surface area (Å²) in [6, 6.07) is 6.27. The van der Waals surface area contributed by atoms with Crippen LogP contribution >= 0.6 is 11.3 Å². The topological polar surface area (TPSA) is 61.0 Å². The number of anilines is 1. The first-order chi connectivity index (χ1) is 12.2. The lowest BCUT2D eigenvalue weighted by Crippen LogP contribution is -2.29. The highest BCUT2D eigenvalue weighted by atomic mass is 32.1. The number of likely N-dealkylation sites (tertiary alicyclic amines) is 1. The van der Waals surface area contributed by atoms with Crippen molar-refractivity contribution in [2.45, 2.75) is 25.8 Å². The summed E-state index contributed by atoms with van der Waals surface area (Å²) in [7, 11) is 0. The molecular weight excluding hydrogens is 339 g/mol. The van der Waals surface area contributed by atoms with Gasteiger partial charge in [0.15, 0.2) is 5.13 Å². The predicted octanol–water partition coefficient (Wildman–Crippen LogP) is 4.00. The minimum absolute atomic E-state index is 0.311. The highest BCUT2D eigenvalue weighted by molar-refractivity contribution is 7.13. The molecule has 1 fully saturated rings. The van der Waals surface area contributed by atoms with Gasteiger partial charge in [0.2, 0.25) is 0 Å². The zero-order chi connectivity index (χ0) is 17.2. The summed E-state index contributed by atoms with van der Waals surface area (Å²) >= 11 is 1.41. The van der Waals surface area contributed by atoms with E-state index in [0.717, 1.165) is 25.3 Å². The van der Waals surface area contributed by atoms with E-state index in [1.165, 1.54) is 42.7 Å². The molecule has 0 atom stereocenters. The molecule has 0 aliphatic carbocycles. The minimum atomic E-state index is -0.342. The molecule has 3 heterocycles. The predicted molar refractivity (Wildman–Crippen MR) is 97.5 cm³/mol. The van der Waals surface area contributed by atoms with Gasteiger partial charge in [-0.25, -0.2) is 9.37 Å².